The molecule has 0 saturated carbocycles. The van der Waals surface area contributed by atoms with E-state index in [4.69, 9.17) is 18.9 Å². The van der Waals surface area contributed by atoms with Crippen molar-refractivity contribution in [3.8, 4) is 22.6 Å². The first-order valence-corrected chi connectivity index (χ1v) is 18.6. The number of piperidine rings is 1. The Kier molecular flexibility index (Phi) is 13.1. The Morgan fingerprint density at radius 3 is 2.40 bits per heavy atom. The number of nitrogens with zero attached hydrogens (tertiary/aromatic N) is 4. The smallest absolute Gasteiger partial charge is 0.264 e. The third-order valence-corrected chi connectivity index (χ3v) is 9.92. The molecular weight excluding hydrogens is 736 g/mol. The zero-order valence-electron chi connectivity index (χ0n) is 32.4. The zero-order chi connectivity index (χ0) is 40.6. The van der Waals surface area contributed by atoms with Crippen LogP contribution in [0.25, 0.3) is 21.9 Å². The summed E-state index contributed by atoms with van der Waals surface area (Å²) in [7, 11) is 6.73. The minimum Gasteiger partial charge on any atom is -0.496 e. The number of benzene rings is 2. The van der Waals surface area contributed by atoms with Crippen molar-refractivity contribution in [2.24, 2.45) is 7.05 Å². The van der Waals surface area contributed by atoms with Gasteiger partial charge in [0, 0.05) is 69.4 Å². The van der Waals surface area contributed by atoms with E-state index in [1.165, 1.54) is 4.57 Å². The Balaban J connectivity index is 0.901. The minimum absolute atomic E-state index is 0.0512. The molecule has 0 bridgehead atoms. The molecule has 1 atom stereocenters. The second kappa shape index (κ2) is 18.3. The molecule has 1 fully saturated rings. The summed E-state index contributed by atoms with van der Waals surface area (Å²) < 4.78 is 24.4. The predicted octanol–water partition coefficient (Wildman–Crippen LogP) is 2.95. The third kappa shape index (κ3) is 9.03. The van der Waals surface area contributed by atoms with Crippen LogP contribution in [0.5, 0.6) is 11.5 Å². The molecule has 1 saturated heterocycles. The quantitative estimate of drug-likeness (QED) is 0.105. The summed E-state index contributed by atoms with van der Waals surface area (Å²) in [6.45, 7) is 2.34. The van der Waals surface area contributed by atoms with Crippen LogP contribution in [0, 0.1) is 0 Å². The standard InChI is InChI=1S/C41H46N6O10/c1-45(23-31-34(54-3)19-25(20-35(31)55-4)30-24-46(2)39(51)29-21-42-13-12-27(29)30)22-26(48)7-6-15-56-17-18-57-16-14-43-32-9-5-8-28-37(32)41(53)47(40(28)52)33-10-11-36(49)44-38(33)50/h5,8-9,12-13,19-21,24,33,43H,6-7,10-11,14-18,22-23H2,1-4H3,(H,44,49,50). The molecule has 4 aromatic rings. The highest BCUT2D eigenvalue weighted by atomic mass is 16.5. The lowest BCUT2D eigenvalue weighted by Crippen LogP contribution is -2.54. The lowest BCUT2D eigenvalue weighted by atomic mass is 9.99. The second-order valence-electron chi connectivity index (χ2n) is 13.9. The molecule has 0 radical (unpaired) electrons. The summed E-state index contributed by atoms with van der Waals surface area (Å²) in [5.74, 6) is -0.967. The summed E-state index contributed by atoms with van der Waals surface area (Å²) in [5.41, 5.74) is 3.15. The van der Waals surface area contributed by atoms with Gasteiger partial charge >= 0.3 is 0 Å². The number of amides is 4. The number of Topliss-reactive ketones (excluding diaryl/α,β-unsaturated/α-hetero) is 1. The van der Waals surface area contributed by atoms with E-state index < -0.39 is 29.7 Å². The minimum atomic E-state index is -1.03. The Morgan fingerprint density at radius 2 is 1.68 bits per heavy atom. The first-order chi connectivity index (χ1) is 27.5. The second-order valence-corrected chi connectivity index (χ2v) is 13.9. The van der Waals surface area contributed by atoms with E-state index in [1.807, 2.05) is 30.1 Å². The van der Waals surface area contributed by atoms with Gasteiger partial charge in [-0.25, -0.2) is 0 Å². The molecule has 2 aliphatic heterocycles. The number of rotatable bonds is 19. The van der Waals surface area contributed by atoms with Crippen molar-refractivity contribution in [3.63, 3.8) is 0 Å². The molecule has 4 amide bonds. The Morgan fingerprint density at radius 1 is 0.947 bits per heavy atom. The van der Waals surface area contributed by atoms with Crippen LogP contribution < -0.4 is 25.7 Å². The molecule has 16 heteroatoms. The lowest BCUT2D eigenvalue weighted by molar-refractivity contribution is -0.136. The van der Waals surface area contributed by atoms with Crippen molar-refractivity contribution < 1.29 is 42.9 Å². The first kappa shape index (κ1) is 40.7. The molecule has 1 unspecified atom stereocenters. The average Bonchev–Trinajstić information content (AvgIpc) is 3.45. The Labute approximate surface area is 329 Å². The number of pyridine rings is 2. The van der Waals surface area contributed by atoms with E-state index >= 15 is 0 Å². The number of ether oxygens (including phenoxy) is 4. The number of aromatic nitrogens is 2. The van der Waals surface area contributed by atoms with Crippen molar-refractivity contribution in [1.29, 1.82) is 0 Å². The SMILES string of the molecule is COc1cc(-c2cn(C)c(=O)c3cnccc23)cc(OC)c1CN(C)CC(=O)CCCOCCOCCNc1cccc2c1C(=O)N(C1CCC(=O)NC1=O)C2=O. The number of hydrogen-bond acceptors (Lipinski definition) is 13. The van der Waals surface area contributed by atoms with Crippen molar-refractivity contribution in [2.45, 2.75) is 38.3 Å². The van der Waals surface area contributed by atoms with Crippen LogP contribution in [0.1, 0.15) is 52.0 Å². The largest absolute Gasteiger partial charge is 0.496 e. The fourth-order valence-electron chi connectivity index (χ4n) is 7.16. The number of fused-ring (bicyclic) bond motifs is 2. The molecule has 6 rings (SSSR count). The fourth-order valence-corrected chi connectivity index (χ4v) is 7.16. The number of nitrogens with one attached hydrogen (secondary N) is 2. The topological polar surface area (TPSA) is 188 Å². The monoisotopic (exact) mass is 782 g/mol. The number of imide groups is 2. The van der Waals surface area contributed by atoms with Crippen molar-refractivity contribution in [3.05, 3.63) is 82.0 Å². The van der Waals surface area contributed by atoms with Gasteiger partial charge in [-0.3, -0.25) is 48.9 Å². The van der Waals surface area contributed by atoms with E-state index in [2.05, 4.69) is 15.6 Å². The van der Waals surface area contributed by atoms with E-state index in [9.17, 15) is 28.8 Å². The summed E-state index contributed by atoms with van der Waals surface area (Å²) in [5, 5.41) is 6.61. The van der Waals surface area contributed by atoms with E-state index in [-0.39, 0.29) is 41.9 Å². The van der Waals surface area contributed by atoms with Crippen LogP contribution in [0.3, 0.4) is 0 Å². The molecule has 57 heavy (non-hydrogen) atoms. The number of ketones is 1. The number of hydrogen-bond donors (Lipinski definition) is 2. The maximum atomic E-state index is 13.2. The summed E-state index contributed by atoms with van der Waals surface area (Å²) in [4.78, 5) is 82.7. The van der Waals surface area contributed by atoms with Gasteiger partial charge in [-0.15, -0.1) is 0 Å². The molecule has 0 aliphatic carbocycles. The summed E-state index contributed by atoms with van der Waals surface area (Å²) in [6, 6.07) is 9.48. The molecule has 2 aliphatic rings. The average molecular weight is 783 g/mol. The molecule has 2 N–H and O–H groups in total. The number of methoxy groups -OCH3 is 2. The third-order valence-electron chi connectivity index (χ3n) is 9.92. The summed E-state index contributed by atoms with van der Waals surface area (Å²) in [6.07, 6.45) is 6.05. The molecule has 2 aromatic heterocycles. The van der Waals surface area contributed by atoms with Gasteiger partial charge in [0.05, 0.1) is 62.7 Å². The number of aryl methyl sites for hydroxylation is 1. The van der Waals surface area contributed by atoms with Crippen LogP contribution in [-0.4, -0.2) is 116 Å². The van der Waals surface area contributed by atoms with Crippen LogP contribution in [0.15, 0.2) is 59.8 Å². The van der Waals surface area contributed by atoms with Crippen molar-refractivity contribution >= 4 is 45.9 Å². The summed E-state index contributed by atoms with van der Waals surface area (Å²) >= 11 is 0. The van der Waals surface area contributed by atoms with E-state index in [0.29, 0.717) is 74.9 Å². The molecule has 16 nitrogen and oxygen atoms in total. The maximum absolute atomic E-state index is 13.2. The van der Waals surface area contributed by atoms with Gasteiger partial charge in [-0.1, -0.05) is 6.07 Å². The first-order valence-electron chi connectivity index (χ1n) is 18.6. The normalized spacial score (nSPS) is 15.3. The van der Waals surface area contributed by atoms with Crippen LogP contribution in [0.2, 0.25) is 0 Å². The van der Waals surface area contributed by atoms with Gasteiger partial charge < -0.3 is 28.8 Å². The van der Waals surface area contributed by atoms with Crippen molar-refractivity contribution in [2.75, 3.05) is 66.1 Å². The number of carbonyl (C=O) groups is 5. The van der Waals surface area contributed by atoms with E-state index in [0.717, 1.165) is 27.0 Å². The highest BCUT2D eigenvalue weighted by Crippen LogP contribution is 2.38. The highest BCUT2D eigenvalue weighted by molar-refractivity contribution is 6.25. The van der Waals surface area contributed by atoms with Crippen LogP contribution in [0.4, 0.5) is 5.69 Å². The highest BCUT2D eigenvalue weighted by Gasteiger charge is 2.45. The fraction of sp³-hybridized carbons (Fsp3) is 0.390. The Bertz CT molecular complexity index is 2230. The lowest BCUT2D eigenvalue weighted by Gasteiger charge is -2.27. The number of likely N-dealkylation sites (N-methyl/N-ethyl adjacent to an activating group) is 1. The molecule has 4 heterocycles. The predicted molar refractivity (Wildman–Crippen MR) is 209 cm³/mol. The van der Waals surface area contributed by atoms with Gasteiger partial charge in [0.1, 0.15) is 23.3 Å². The van der Waals surface area contributed by atoms with Gasteiger partial charge in [-0.2, -0.15) is 0 Å². The van der Waals surface area contributed by atoms with Crippen molar-refractivity contribution in [1.82, 2.24) is 24.7 Å². The van der Waals surface area contributed by atoms with Gasteiger partial charge in [0.25, 0.3) is 17.4 Å². The number of anilines is 1. The van der Waals surface area contributed by atoms with Crippen LogP contribution in [-0.2, 0) is 37.4 Å². The van der Waals surface area contributed by atoms with Gasteiger partial charge in [0.2, 0.25) is 11.8 Å². The van der Waals surface area contributed by atoms with Gasteiger partial charge in [0.15, 0.2) is 0 Å². The maximum Gasteiger partial charge on any atom is 0.264 e. The Hall–Kier alpha value is -5.97. The molecular formula is C41H46N6O10. The molecule has 300 valence electrons. The molecule has 2 aromatic carbocycles. The van der Waals surface area contributed by atoms with Crippen LogP contribution >= 0.6 is 0 Å². The zero-order valence-corrected chi connectivity index (χ0v) is 32.4. The van der Waals surface area contributed by atoms with Gasteiger partial charge in [-0.05, 0) is 61.2 Å². The number of carbonyl (C=O) groups excluding carboxylic acids is 5. The van der Waals surface area contributed by atoms with E-state index in [1.54, 1.807) is 58.1 Å². The molecule has 0 spiro atoms.